The van der Waals surface area contributed by atoms with Crippen molar-refractivity contribution in [1.82, 2.24) is 9.80 Å². The van der Waals surface area contributed by atoms with Crippen LogP contribution in [-0.2, 0) is 0 Å². The number of nitrogens with zero attached hydrogens (tertiary/aromatic N) is 2. The molecule has 0 aromatic rings. The first-order valence-corrected chi connectivity index (χ1v) is 7.96. The van der Waals surface area contributed by atoms with Crippen LogP contribution in [0.3, 0.4) is 0 Å². The monoisotopic (exact) mass is 251 g/mol. The highest BCUT2D eigenvalue weighted by Crippen LogP contribution is 2.53. The van der Waals surface area contributed by atoms with Gasteiger partial charge >= 0.3 is 0 Å². The zero-order valence-corrected chi connectivity index (χ0v) is 11.9. The molecule has 2 aliphatic carbocycles. The molecule has 2 bridgehead atoms. The van der Waals surface area contributed by atoms with E-state index in [1.54, 1.807) is 0 Å². The first kappa shape index (κ1) is 12.9. The maximum absolute atomic E-state index is 6.22. The molecular formula is C15H29N3. The van der Waals surface area contributed by atoms with Crippen molar-refractivity contribution in [2.45, 2.75) is 44.6 Å². The lowest BCUT2D eigenvalue weighted by Crippen LogP contribution is -2.62. The highest BCUT2D eigenvalue weighted by atomic mass is 15.3. The second-order valence-electron chi connectivity index (χ2n) is 6.72. The van der Waals surface area contributed by atoms with Gasteiger partial charge in [0, 0.05) is 38.3 Å². The largest absolute Gasteiger partial charge is 0.329 e. The Balaban J connectivity index is 1.64. The molecule has 3 rings (SSSR count). The first-order chi connectivity index (χ1) is 8.78. The number of nitrogens with two attached hydrogens (primary N) is 1. The second kappa shape index (κ2) is 5.10. The Morgan fingerprint density at radius 1 is 1.17 bits per heavy atom. The minimum Gasteiger partial charge on any atom is -0.329 e. The lowest BCUT2D eigenvalue weighted by Gasteiger charge is -2.50. The van der Waals surface area contributed by atoms with Crippen molar-refractivity contribution in [3.8, 4) is 0 Å². The van der Waals surface area contributed by atoms with Crippen molar-refractivity contribution in [3.63, 3.8) is 0 Å². The van der Waals surface area contributed by atoms with Crippen molar-refractivity contribution in [1.29, 1.82) is 0 Å². The van der Waals surface area contributed by atoms with Gasteiger partial charge in [0.25, 0.3) is 0 Å². The van der Waals surface area contributed by atoms with Gasteiger partial charge in [-0.2, -0.15) is 0 Å². The number of fused-ring (bicyclic) bond motifs is 2. The molecule has 0 radical (unpaired) electrons. The van der Waals surface area contributed by atoms with E-state index >= 15 is 0 Å². The normalized spacial score (nSPS) is 41.7. The highest BCUT2D eigenvalue weighted by Gasteiger charge is 2.53. The van der Waals surface area contributed by atoms with E-state index < -0.39 is 0 Å². The molecule has 2 saturated carbocycles. The molecular weight excluding hydrogens is 222 g/mol. The summed E-state index contributed by atoms with van der Waals surface area (Å²) >= 11 is 0. The fourth-order valence-corrected chi connectivity index (χ4v) is 4.91. The zero-order valence-electron chi connectivity index (χ0n) is 11.9. The predicted molar refractivity (Wildman–Crippen MR) is 75.5 cm³/mol. The molecule has 0 aromatic heterocycles. The summed E-state index contributed by atoms with van der Waals surface area (Å²) in [6.45, 7) is 9.46. The Morgan fingerprint density at radius 3 is 2.44 bits per heavy atom. The van der Waals surface area contributed by atoms with E-state index in [-0.39, 0.29) is 0 Å². The number of piperazine rings is 1. The highest BCUT2D eigenvalue weighted by molar-refractivity contribution is 5.08. The third-order valence-corrected chi connectivity index (χ3v) is 5.84. The Bertz CT molecular complexity index is 285. The average Bonchev–Trinajstić information content (AvgIpc) is 3.01. The minimum absolute atomic E-state index is 0.390. The van der Waals surface area contributed by atoms with Gasteiger partial charge in [-0.1, -0.05) is 13.3 Å². The Labute approximate surface area is 112 Å². The van der Waals surface area contributed by atoms with Crippen LogP contribution in [0.1, 0.15) is 39.0 Å². The van der Waals surface area contributed by atoms with Gasteiger partial charge in [-0.3, -0.25) is 4.90 Å². The van der Waals surface area contributed by atoms with Crippen LogP contribution >= 0.6 is 0 Å². The predicted octanol–water partition coefficient (Wildman–Crippen LogP) is 1.53. The van der Waals surface area contributed by atoms with Crippen molar-refractivity contribution < 1.29 is 0 Å². The summed E-state index contributed by atoms with van der Waals surface area (Å²) in [5.74, 6) is 1.90. The van der Waals surface area contributed by atoms with Crippen LogP contribution in [-0.4, -0.2) is 54.6 Å². The average molecular weight is 251 g/mol. The number of hydrogen-bond donors (Lipinski definition) is 1. The van der Waals surface area contributed by atoms with E-state index in [1.165, 1.54) is 64.8 Å². The lowest BCUT2D eigenvalue weighted by molar-refractivity contribution is 0.00167. The number of rotatable bonds is 4. The summed E-state index contributed by atoms with van der Waals surface area (Å²) in [6.07, 6.45) is 7.06. The van der Waals surface area contributed by atoms with E-state index in [0.29, 0.717) is 5.54 Å². The summed E-state index contributed by atoms with van der Waals surface area (Å²) in [5.41, 5.74) is 6.61. The van der Waals surface area contributed by atoms with Crippen molar-refractivity contribution in [2.75, 3.05) is 39.3 Å². The third kappa shape index (κ3) is 2.00. The van der Waals surface area contributed by atoms with Gasteiger partial charge in [-0.05, 0) is 44.1 Å². The lowest BCUT2D eigenvalue weighted by atomic mass is 9.79. The molecule has 0 amide bonds. The van der Waals surface area contributed by atoms with Crippen LogP contribution in [0.2, 0.25) is 0 Å². The first-order valence-electron chi connectivity index (χ1n) is 7.96. The fourth-order valence-electron chi connectivity index (χ4n) is 4.91. The molecule has 3 aliphatic rings. The summed E-state index contributed by atoms with van der Waals surface area (Å²) < 4.78 is 0. The Hall–Kier alpha value is -0.120. The van der Waals surface area contributed by atoms with Crippen molar-refractivity contribution in [2.24, 2.45) is 17.6 Å². The molecule has 3 atom stereocenters. The van der Waals surface area contributed by atoms with E-state index in [0.717, 1.165) is 18.4 Å². The molecule has 3 heteroatoms. The molecule has 0 spiro atoms. The van der Waals surface area contributed by atoms with Crippen LogP contribution in [0.5, 0.6) is 0 Å². The maximum atomic E-state index is 6.22. The summed E-state index contributed by atoms with van der Waals surface area (Å²) in [6, 6.07) is 0. The van der Waals surface area contributed by atoms with Crippen molar-refractivity contribution in [3.05, 3.63) is 0 Å². The summed E-state index contributed by atoms with van der Waals surface area (Å²) in [4.78, 5) is 5.39. The summed E-state index contributed by atoms with van der Waals surface area (Å²) in [5, 5.41) is 0. The molecule has 3 unspecified atom stereocenters. The standard InChI is InChI=1S/C15H29N3/c1-2-5-17-6-8-18(9-7-17)15(12-16)11-13-3-4-14(15)10-13/h13-14H,2-12,16H2,1H3. The second-order valence-corrected chi connectivity index (χ2v) is 6.72. The van der Waals surface area contributed by atoms with Crippen LogP contribution in [0.25, 0.3) is 0 Å². The van der Waals surface area contributed by atoms with E-state index in [9.17, 15) is 0 Å². The Kier molecular flexibility index (Phi) is 3.65. The molecule has 3 fully saturated rings. The molecule has 1 heterocycles. The molecule has 1 saturated heterocycles. The van der Waals surface area contributed by atoms with Gasteiger partial charge in [-0.25, -0.2) is 0 Å². The topological polar surface area (TPSA) is 32.5 Å². The summed E-state index contributed by atoms with van der Waals surface area (Å²) in [7, 11) is 0. The van der Waals surface area contributed by atoms with Gasteiger partial charge < -0.3 is 10.6 Å². The molecule has 3 nitrogen and oxygen atoms in total. The quantitative estimate of drug-likeness (QED) is 0.822. The maximum Gasteiger partial charge on any atom is 0.0363 e. The van der Waals surface area contributed by atoms with Gasteiger partial charge in [0.05, 0.1) is 0 Å². The molecule has 1 aliphatic heterocycles. The fraction of sp³-hybridized carbons (Fsp3) is 1.00. The molecule has 2 N–H and O–H groups in total. The van der Waals surface area contributed by atoms with Gasteiger partial charge in [0.15, 0.2) is 0 Å². The SMILES string of the molecule is CCCN1CCN(C2(CN)CC3CCC2C3)CC1. The van der Waals surface area contributed by atoms with E-state index in [4.69, 9.17) is 5.73 Å². The van der Waals surface area contributed by atoms with Crippen LogP contribution in [0.15, 0.2) is 0 Å². The van der Waals surface area contributed by atoms with Gasteiger partial charge in [-0.15, -0.1) is 0 Å². The third-order valence-electron chi connectivity index (χ3n) is 5.84. The van der Waals surface area contributed by atoms with Gasteiger partial charge in [0.2, 0.25) is 0 Å². The molecule has 18 heavy (non-hydrogen) atoms. The van der Waals surface area contributed by atoms with Crippen LogP contribution < -0.4 is 5.73 Å². The molecule has 104 valence electrons. The Morgan fingerprint density at radius 2 is 1.94 bits per heavy atom. The van der Waals surface area contributed by atoms with Crippen LogP contribution in [0.4, 0.5) is 0 Å². The van der Waals surface area contributed by atoms with Crippen LogP contribution in [0, 0.1) is 11.8 Å². The molecule has 0 aromatic carbocycles. The smallest absolute Gasteiger partial charge is 0.0363 e. The minimum atomic E-state index is 0.390. The van der Waals surface area contributed by atoms with Gasteiger partial charge in [0.1, 0.15) is 0 Å². The van der Waals surface area contributed by atoms with Crippen molar-refractivity contribution >= 4 is 0 Å². The number of hydrogen-bond acceptors (Lipinski definition) is 3. The van der Waals surface area contributed by atoms with E-state index in [1.807, 2.05) is 0 Å². The van der Waals surface area contributed by atoms with E-state index in [2.05, 4.69) is 16.7 Å². The zero-order chi connectivity index (χ0) is 12.6.